The SMILES string of the molecule is CCNCc1ccccc1CC.Cl. The summed E-state index contributed by atoms with van der Waals surface area (Å²) in [6.45, 7) is 6.37. The van der Waals surface area contributed by atoms with Crippen molar-refractivity contribution in [1.82, 2.24) is 5.32 Å². The van der Waals surface area contributed by atoms with Crippen LogP contribution in [0.4, 0.5) is 0 Å². The van der Waals surface area contributed by atoms with Crippen LogP contribution in [0.25, 0.3) is 0 Å². The normalized spacial score (nSPS) is 9.38. The molecule has 1 rings (SSSR count). The van der Waals surface area contributed by atoms with Crippen molar-refractivity contribution in [2.75, 3.05) is 6.54 Å². The molecule has 0 atom stereocenters. The molecule has 0 bridgehead atoms. The van der Waals surface area contributed by atoms with Crippen molar-refractivity contribution in [3.63, 3.8) is 0 Å². The zero-order valence-electron chi connectivity index (χ0n) is 8.34. The van der Waals surface area contributed by atoms with Gasteiger partial charge in [0, 0.05) is 6.54 Å². The number of halogens is 1. The molecule has 0 aliphatic heterocycles. The summed E-state index contributed by atoms with van der Waals surface area (Å²) in [6, 6.07) is 8.61. The second-order valence-electron chi connectivity index (χ2n) is 2.90. The average molecular weight is 200 g/mol. The number of aryl methyl sites for hydroxylation is 1. The lowest BCUT2D eigenvalue weighted by atomic mass is 10.1. The van der Waals surface area contributed by atoms with Crippen molar-refractivity contribution in [2.45, 2.75) is 26.8 Å². The van der Waals surface area contributed by atoms with Crippen molar-refractivity contribution < 1.29 is 0 Å². The molecule has 1 aromatic rings. The van der Waals surface area contributed by atoms with E-state index in [1.807, 2.05) is 0 Å². The summed E-state index contributed by atoms with van der Waals surface area (Å²) < 4.78 is 0. The van der Waals surface area contributed by atoms with Crippen LogP contribution in [0.15, 0.2) is 24.3 Å². The third-order valence-corrected chi connectivity index (χ3v) is 2.06. The standard InChI is InChI=1S/C11H17N.ClH/c1-3-10-7-5-6-8-11(10)9-12-4-2;/h5-8,12H,3-4,9H2,1-2H3;1H. The fourth-order valence-corrected chi connectivity index (χ4v) is 1.33. The van der Waals surface area contributed by atoms with E-state index in [9.17, 15) is 0 Å². The van der Waals surface area contributed by atoms with Gasteiger partial charge in [0.05, 0.1) is 0 Å². The van der Waals surface area contributed by atoms with Crippen LogP contribution in [-0.2, 0) is 13.0 Å². The van der Waals surface area contributed by atoms with Crippen LogP contribution in [0.1, 0.15) is 25.0 Å². The number of hydrogen-bond acceptors (Lipinski definition) is 1. The van der Waals surface area contributed by atoms with Crippen molar-refractivity contribution in [3.8, 4) is 0 Å². The van der Waals surface area contributed by atoms with Crippen LogP contribution in [-0.4, -0.2) is 6.54 Å². The Balaban J connectivity index is 0.00000144. The Bertz CT molecular complexity index is 235. The predicted octanol–water partition coefficient (Wildman–Crippen LogP) is 2.78. The molecule has 1 nitrogen and oxygen atoms in total. The maximum atomic E-state index is 3.34. The van der Waals surface area contributed by atoms with Gasteiger partial charge in [-0.15, -0.1) is 12.4 Å². The van der Waals surface area contributed by atoms with Gasteiger partial charge in [-0.2, -0.15) is 0 Å². The van der Waals surface area contributed by atoms with Gasteiger partial charge in [0.2, 0.25) is 0 Å². The molecule has 0 amide bonds. The zero-order chi connectivity index (χ0) is 8.81. The Morgan fingerprint density at radius 1 is 1.08 bits per heavy atom. The third kappa shape index (κ3) is 3.79. The van der Waals surface area contributed by atoms with Gasteiger partial charge >= 0.3 is 0 Å². The summed E-state index contributed by atoms with van der Waals surface area (Å²) in [5.41, 5.74) is 2.89. The van der Waals surface area contributed by atoms with Gasteiger partial charge in [0.1, 0.15) is 0 Å². The molecule has 2 heteroatoms. The minimum atomic E-state index is 0. The highest BCUT2D eigenvalue weighted by Crippen LogP contribution is 2.08. The van der Waals surface area contributed by atoms with Gasteiger partial charge in [-0.25, -0.2) is 0 Å². The molecule has 0 saturated heterocycles. The molecular formula is C11H18ClN. The quantitative estimate of drug-likeness (QED) is 0.787. The van der Waals surface area contributed by atoms with Gasteiger partial charge in [-0.05, 0) is 24.1 Å². The molecule has 0 spiro atoms. The number of rotatable bonds is 4. The molecule has 0 heterocycles. The Morgan fingerprint density at radius 2 is 1.69 bits per heavy atom. The molecule has 0 aromatic heterocycles. The predicted molar refractivity (Wildman–Crippen MR) is 60.4 cm³/mol. The van der Waals surface area contributed by atoms with Gasteiger partial charge in [-0.1, -0.05) is 38.1 Å². The largest absolute Gasteiger partial charge is 0.313 e. The van der Waals surface area contributed by atoms with Crippen molar-refractivity contribution in [3.05, 3.63) is 35.4 Å². The molecule has 0 radical (unpaired) electrons. The lowest BCUT2D eigenvalue weighted by Crippen LogP contribution is -2.12. The Labute approximate surface area is 87.0 Å². The first-order chi connectivity index (χ1) is 5.88. The van der Waals surface area contributed by atoms with E-state index in [2.05, 4.69) is 43.4 Å². The second-order valence-corrected chi connectivity index (χ2v) is 2.90. The van der Waals surface area contributed by atoms with Crippen LogP contribution in [0.2, 0.25) is 0 Å². The molecule has 13 heavy (non-hydrogen) atoms. The highest BCUT2D eigenvalue weighted by atomic mass is 35.5. The zero-order valence-corrected chi connectivity index (χ0v) is 9.16. The Morgan fingerprint density at radius 3 is 2.23 bits per heavy atom. The molecule has 0 fully saturated rings. The summed E-state index contributed by atoms with van der Waals surface area (Å²) in [5, 5.41) is 3.34. The van der Waals surface area contributed by atoms with E-state index in [-0.39, 0.29) is 12.4 Å². The first-order valence-corrected chi connectivity index (χ1v) is 4.66. The smallest absolute Gasteiger partial charge is 0.0208 e. The van der Waals surface area contributed by atoms with E-state index in [0.29, 0.717) is 0 Å². The topological polar surface area (TPSA) is 12.0 Å². The highest BCUT2D eigenvalue weighted by molar-refractivity contribution is 5.85. The van der Waals surface area contributed by atoms with Crippen LogP contribution in [0.3, 0.4) is 0 Å². The molecule has 0 saturated carbocycles. The molecule has 1 N–H and O–H groups in total. The maximum Gasteiger partial charge on any atom is 0.0208 e. The number of hydrogen-bond donors (Lipinski definition) is 1. The van der Waals surface area contributed by atoms with E-state index in [4.69, 9.17) is 0 Å². The van der Waals surface area contributed by atoms with Gasteiger partial charge in [0.15, 0.2) is 0 Å². The molecular weight excluding hydrogens is 182 g/mol. The van der Waals surface area contributed by atoms with Gasteiger partial charge in [0.25, 0.3) is 0 Å². The van der Waals surface area contributed by atoms with E-state index in [1.165, 1.54) is 11.1 Å². The van der Waals surface area contributed by atoms with E-state index >= 15 is 0 Å². The van der Waals surface area contributed by atoms with E-state index < -0.39 is 0 Å². The Kier molecular flexibility index (Phi) is 6.65. The fraction of sp³-hybridized carbons (Fsp3) is 0.455. The number of benzene rings is 1. The van der Waals surface area contributed by atoms with Gasteiger partial charge in [-0.3, -0.25) is 0 Å². The van der Waals surface area contributed by atoms with Crippen LogP contribution in [0.5, 0.6) is 0 Å². The minimum Gasteiger partial charge on any atom is -0.313 e. The van der Waals surface area contributed by atoms with E-state index in [0.717, 1.165) is 19.5 Å². The average Bonchev–Trinajstić information content (AvgIpc) is 2.15. The lowest BCUT2D eigenvalue weighted by Gasteiger charge is -2.06. The maximum absolute atomic E-state index is 3.34. The highest BCUT2D eigenvalue weighted by Gasteiger charge is 1.96. The summed E-state index contributed by atoms with van der Waals surface area (Å²) in [6.07, 6.45) is 1.13. The first-order valence-electron chi connectivity index (χ1n) is 4.66. The van der Waals surface area contributed by atoms with E-state index in [1.54, 1.807) is 0 Å². The van der Waals surface area contributed by atoms with Crippen molar-refractivity contribution in [1.29, 1.82) is 0 Å². The minimum absolute atomic E-state index is 0. The molecule has 0 unspecified atom stereocenters. The van der Waals surface area contributed by atoms with Crippen LogP contribution in [0, 0.1) is 0 Å². The molecule has 1 aromatic carbocycles. The van der Waals surface area contributed by atoms with Crippen LogP contribution >= 0.6 is 12.4 Å². The molecule has 74 valence electrons. The summed E-state index contributed by atoms with van der Waals surface area (Å²) in [5.74, 6) is 0. The lowest BCUT2D eigenvalue weighted by molar-refractivity contribution is 0.720. The monoisotopic (exact) mass is 199 g/mol. The van der Waals surface area contributed by atoms with Crippen LogP contribution < -0.4 is 5.32 Å². The van der Waals surface area contributed by atoms with Crippen molar-refractivity contribution in [2.24, 2.45) is 0 Å². The molecule has 0 aliphatic carbocycles. The van der Waals surface area contributed by atoms with Crippen molar-refractivity contribution >= 4 is 12.4 Å². The summed E-state index contributed by atoms with van der Waals surface area (Å²) >= 11 is 0. The molecule has 0 aliphatic rings. The number of nitrogens with one attached hydrogen (secondary N) is 1. The third-order valence-electron chi connectivity index (χ3n) is 2.06. The Hall–Kier alpha value is -0.530. The fourth-order valence-electron chi connectivity index (χ4n) is 1.33. The first kappa shape index (κ1) is 12.5. The second kappa shape index (κ2) is 6.93. The summed E-state index contributed by atoms with van der Waals surface area (Å²) in [7, 11) is 0. The van der Waals surface area contributed by atoms with Gasteiger partial charge < -0.3 is 5.32 Å². The summed E-state index contributed by atoms with van der Waals surface area (Å²) in [4.78, 5) is 0.